The SMILES string of the molecule is CCOc1cc2nc(-c3cccc(C(F)(F)F)c3)c(CN3CCC(N4CCCCC4)CC3)c(C(=O)N[C@H](c3ccccc3)C(F)(F)F)c2cc1S(=O)(=O)CC. The minimum absolute atomic E-state index is 0.0115. The van der Waals surface area contributed by atoms with Gasteiger partial charge in [-0.05, 0) is 82.5 Å². The molecule has 6 rings (SSSR count). The lowest BCUT2D eigenvalue weighted by atomic mass is 9.93. The van der Waals surface area contributed by atoms with Crippen LogP contribution in [-0.2, 0) is 22.6 Å². The van der Waals surface area contributed by atoms with Crippen molar-refractivity contribution in [2.24, 2.45) is 0 Å². The van der Waals surface area contributed by atoms with Gasteiger partial charge in [-0.3, -0.25) is 9.69 Å². The summed E-state index contributed by atoms with van der Waals surface area (Å²) in [5, 5.41) is 2.08. The quantitative estimate of drug-likeness (QED) is 0.152. The number of rotatable bonds is 11. The first-order chi connectivity index (χ1) is 26.1. The molecule has 1 aromatic heterocycles. The van der Waals surface area contributed by atoms with Gasteiger partial charge in [0.15, 0.2) is 15.9 Å². The largest absolute Gasteiger partial charge is 0.492 e. The molecule has 1 N–H and O–H groups in total. The minimum atomic E-state index is -4.95. The first-order valence-corrected chi connectivity index (χ1v) is 20.2. The fraction of sp³-hybridized carbons (Fsp3) is 0.450. The van der Waals surface area contributed by atoms with Crippen LogP contribution in [0, 0.1) is 0 Å². The number of carbonyl (C=O) groups excluding carboxylic acids is 1. The number of alkyl halides is 6. The number of halogens is 6. The molecular formula is C40H44F6N4O4S. The Morgan fingerprint density at radius 1 is 0.909 bits per heavy atom. The Morgan fingerprint density at radius 2 is 1.60 bits per heavy atom. The fourth-order valence-corrected chi connectivity index (χ4v) is 8.66. The topological polar surface area (TPSA) is 91.8 Å². The van der Waals surface area contributed by atoms with Crippen LogP contribution in [0.5, 0.6) is 5.75 Å². The maximum atomic E-state index is 14.7. The second kappa shape index (κ2) is 16.5. The van der Waals surface area contributed by atoms with Crippen LogP contribution in [0.1, 0.15) is 79.0 Å². The van der Waals surface area contributed by atoms with E-state index in [4.69, 9.17) is 9.72 Å². The molecule has 2 aliphatic rings. The molecule has 3 aromatic carbocycles. The molecule has 0 unspecified atom stereocenters. The highest BCUT2D eigenvalue weighted by molar-refractivity contribution is 7.91. The standard InChI is InChI=1S/C40H44F6N4O4S/c1-3-54-33-24-32-30(23-34(33)55(52,53)4-2)35(38(51)48-37(40(44,45)46)26-12-7-5-8-13-26)31(36(47-32)27-14-11-15-28(22-27)39(41,42)43)25-49-20-16-29(17-21-49)50-18-9-6-10-19-50/h5,7-8,11-15,22-24,29,37H,3-4,6,9-10,16-21,25H2,1-2H3,(H,48,51)/t37-/m1/s1. The van der Waals surface area contributed by atoms with Gasteiger partial charge in [-0.1, -0.05) is 55.8 Å². The van der Waals surface area contributed by atoms with Crippen LogP contribution < -0.4 is 10.1 Å². The van der Waals surface area contributed by atoms with Gasteiger partial charge >= 0.3 is 12.4 Å². The molecule has 1 atom stereocenters. The summed E-state index contributed by atoms with van der Waals surface area (Å²) in [5.74, 6) is -1.64. The molecule has 15 heteroatoms. The molecule has 0 radical (unpaired) electrons. The molecule has 3 heterocycles. The van der Waals surface area contributed by atoms with Gasteiger partial charge in [0, 0.05) is 35.2 Å². The molecule has 0 bridgehead atoms. The van der Waals surface area contributed by atoms with Crippen molar-refractivity contribution in [3.8, 4) is 17.0 Å². The maximum Gasteiger partial charge on any atom is 0.416 e. The summed E-state index contributed by atoms with van der Waals surface area (Å²) in [7, 11) is -4.02. The Hall–Kier alpha value is -4.21. The first-order valence-electron chi connectivity index (χ1n) is 18.5. The van der Waals surface area contributed by atoms with Crippen molar-refractivity contribution in [1.82, 2.24) is 20.1 Å². The van der Waals surface area contributed by atoms with Crippen LogP contribution in [0.4, 0.5) is 26.3 Å². The normalized spacial score (nSPS) is 17.3. The van der Waals surface area contributed by atoms with Crippen LogP contribution >= 0.6 is 0 Å². The van der Waals surface area contributed by atoms with Crippen molar-refractivity contribution in [2.45, 2.75) is 81.8 Å². The van der Waals surface area contributed by atoms with Gasteiger partial charge in [-0.25, -0.2) is 13.4 Å². The number of aromatic nitrogens is 1. The number of amides is 1. The van der Waals surface area contributed by atoms with Crippen molar-refractivity contribution in [3.63, 3.8) is 0 Å². The summed E-state index contributed by atoms with van der Waals surface area (Å²) in [4.78, 5) is 23.6. The third-order valence-electron chi connectivity index (χ3n) is 10.4. The molecule has 1 amide bonds. The minimum Gasteiger partial charge on any atom is -0.492 e. The van der Waals surface area contributed by atoms with E-state index < -0.39 is 39.7 Å². The number of hydrogen-bond acceptors (Lipinski definition) is 7. The average molecular weight is 791 g/mol. The third kappa shape index (κ3) is 9.10. The van der Waals surface area contributed by atoms with E-state index >= 15 is 0 Å². The van der Waals surface area contributed by atoms with Gasteiger partial charge in [-0.2, -0.15) is 26.3 Å². The summed E-state index contributed by atoms with van der Waals surface area (Å²) < 4.78 is 119. The van der Waals surface area contributed by atoms with E-state index in [2.05, 4.69) is 10.2 Å². The molecule has 2 aliphatic heterocycles. The van der Waals surface area contributed by atoms with Gasteiger partial charge in [0.2, 0.25) is 0 Å². The Bertz CT molecular complexity index is 2100. The van der Waals surface area contributed by atoms with Crippen molar-refractivity contribution < 1.29 is 44.3 Å². The lowest BCUT2D eigenvalue weighted by Gasteiger charge is -2.40. The second-order valence-corrected chi connectivity index (χ2v) is 16.3. The Kier molecular flexibility index (Phi) is 12.1. The number of hydrogen-bond donors (Lipinski definition) is 1. The summed E-state index contributed by atoms with van der Waals surface area (Å²) in [5.41, 5.74) is -1.54. The van der Waals surface area contributed by atoms with Crippen LogP contribution in [0.15, 0.2) is 71.6 Å². The highest BCUT2D eigenvalue weighted by Crippen LogP contribution is 2.40. The number of fused-ring (bicyclic) bond motifs is 1. The Labute approximate surface area is 316 Å². The highest BCUT2D eigenvalue weighted by atomic mass is 32.2. The molecule has 55 heavy (non-hydrogen) atoms. The number of likely N-dealkylation sites (tertiary alicyclic amines) is 2. The van der Waals surface area contributed by atoms with Gasteiger partial charge < -0.3 is 15.0 Å². The van der Waals surface area contributed by atoms with E-state index in [9.17, 15) is 39.6 Å². The number of benzene rings is 3. The van der Waals surface area contributed by atoms with Gasteiger partial charge in [0.25, 0.3) is 5.91 Å². The highest BCUT2D eigenvalue weighted by Gasteiger charge is 2.43. The predicted octanol–water partition coefficient (Wildman–Crippen LogP) is 8.60. The van der Waals surface area contributed by atoms with E-state index in [1.807, 2.05) is 4.90 Å². The number of carbonyl (C=O) groups is 1. The monoisotopic (exact) mass is 790 g/mol. The average Bonchev–Trinajstić information content (AvgIpc) is 3.16. The summed E-state index contributed by atoms with van der Waals surface area (Å²) in [6.07, 6.45) is -4.71. The summed E-state index contributed by atoms with van der Waals surface area (Å²) in [6.45, 7) is 6.15. The van der Waals surface area contributed by atoms with Crippen LogP contribution in [-0.4, -0.2) is 79.9 Å². The maximum absolute atomic E-state index is 14.7. The van der Waals surface area contributed by atoms with E-state index in [0.717, 1.165) is 50.9 Å². The fourth-order valence-electron chi connectivity index (χ4n) is 7.63. The molecule has 0 aliphatic carbocycles. The van der Waals surface area contributed by atoms with Crippen molar-refractivity contribution in [1.29, 1.82) is 0 Å². The molecule has 0 spiro atoms. The smallest absolute Gasteiger partial charge is 0.416 e. The number of ether oxygens (including phenoxy) is 1. The van der Waals surface area contributed by atoms with E-state index in [0.29, 0.717) is 19.1 Å². The lowest BCUT2D eigenvalue weighted by molar-refractivity contribution is -0.155. The van der Waals surface area contributed by atoms with Crippen LogP contribution in [0.2, 0.25) is 0 Å². The van der Waals surface area contributed by atoms with Gasteiger partial charge in [0.1, 0.15) is 10.6 Å². The van der Waals surface area contributed by atoms with Crippen molar-refractivity contribution in [3.05, 3.63) is 89.0 Å². The first kappa shape index (κ1) is 40.5. The van der Waals surface area contributed by atoms with Crippen LogP contribution in [0.3, 0.4) is 0 Å². The lowest BCUT2D eigenvalue weighted by Crippen LogP contribution is -2.46. The Morgan fingerprint density at radius 3 is 2.22 bits per heavy atom. The zero-order chi connectivity index (χ0) is 39.5. The third-order valence-corrected chi connectivity index (χ3v) is 12.2. The van der Waals surface area contributed by atoms with Gasteiger partial charge in [0.05, 0.1) is 34.7 Å². The molecule has 0 saturated carbocycles. The number of nitrogens with one attached hydrogen (secondary N) is 1. The summed E-state index contributed by atoms with van der Waals surface area (Å²) >= 11 is 0. The number of sulfone groups is 1. The second-order valence-electron chi connectivity index (χ2n) is 14.0. The zero-order valence-electron chi connectivity index (χ0n) is 30.6. The number of piperidine rings is 2. The van der Waals surface area contributed by atoms with Crippen molar-refractivity contribution >= 4 is 26.6 Å². The molecule has 2 fully saturated rings. The van der Waals surface area contributed by atoms with Crippen molar-refractivity contribution in [2.75, 3.05) is 38.5 Å². The number of nitrogens with zero attached hydrogens (tertiary/aromatic N) is 3. The van der Waals surface area contributed by atoms with Crippen LogP contribution in [0.25, 0.3) is 22.2 Å². The van der Waals surface area contributed by atoms with E-state index in [1.165, 1.54) is 67.9 Å². The van der Waals surface area contributed by atoms with E-state index in [1.54, 1.807) is 6.92 Å². The van der Waals surface area contributed by atoms with Gasteiger partial charge in [-0.15, -0.1) is 0 Å². The summed E-state index contributed by atoms with van der Waals surface area (Å²) in [6, 6.07) is 11.5. The van der Waals surface area contributed by atoms with E-state index in [-0.39, 0.29) is 68.4 Å². The predicted molar refractivity (Wildman–Crippen MR) is 198 cm³/mol. The zero-order valence-corrected chi connectivity index (χ0v) is 31.5. The Balaban J connectivity index is 1.58. The molecule has 8 nitrogen and oxygen atoms in total. The molecule has 2 saturated heterocycles. The molecular weight excluding hydrogens is 747 g/mol. The number of pyridine rings is 1. The molecule has 296 valence electrons. The molecule has 4 aromatic rings.